The molecular weight excluding hydrogens is 454 g/mol. The summed E-state index contributed by atoms with van der Waals surface area (Å²) in [4.78, 5) is 4.46. The largest absolute Gasteiger partial charge is 0.495 e. The van der Waals surface area contributed by atoms with Crippen LogP contribution in [0, 0.1) is 0 Å². The molecule has 0 saturated carbocycles. The zero-order chi connectivity index (χ0) is 23.0. The van der Waals surface area contributed by atoms with Crippen LogP contribution >= 0.6 is 11.8 Å². The molecule has 0 aliphatic carbocycles. The fraction of sp³-hybridized carbons (Fsp3) is 0.280. The summed E-state index contributed by atoms with van der Waals surface area (Å²) in [5.74, 6) is 0.808. The van der Waals surface area contributed by atoms with Crippen LogP contribution in [0.4, 0.5) is 17.1 Å². The van der Waals surface area contributed by atoms with Crippen LogP contribution in [0.3, 0.4) is 0 Å². The van der Waals surface area contributed by atoms with E-state index in [1.807, 2.05) is 60.7 Å². The van der Waals surface area contributed by atoms with Crippen molar-refractivity contribution in [1.82, 2.24) is 4.31 Å². The number of rotatable bonds is 5. The molecule has 3 aromatic rings. The third-order valence-corrected chi connectivity index (χ3v) is 9.72. The van der Waals surface area contributed by atoms with Gasteiger partial charge in [-0.15, -0.1) is 0 Å². The minimum Gasteiger partial charge on any atom is -0.495 e. The first-order valence-corrected chi connectivity index (χ1v) is 13.3. The molecular formula is C25H27N3O3S2. The standard InChI is InChI=1S/C25H27N3O3S2/c1-18(19-11-12-25-21(17-19)26-20-7-3-6-10-24(20)32-25)33(29,30)28-15-13-27(14-16-28)22-8-4-5-9-23(22)31-2/h3-12,17-18,26H,13-16H2,1-2H3. The number of benzene rings is 3. The van der Waals surface area contributed by atoms with E-state index in [0.717, 1.165) is 33.3 Å². The smallest absolute Gasteiger partial charge is 0.221 e. The predicted octanol–water partition coefficient (Wildman–Crippen LogP) is 5.12. The Hall–Kier alpha value is -2.68. The normalized spacial score (nSPS) is 17.0. The minimum atomic E-state index is -3.48. The molecule has 1 atom stereocenters. The second-order valence-electron chi connectivity index (χ2n) is 8.22. The molecule has 0 amide bonds. The van der Waals surface area contributed by atoms with E-state index in [0.29, 0.717) is 26.2 Å². The Kier molecular flexibility index (Phi) is 5.99. The van der Waals surface area contributed by atoms with Gasteiger partial charge in [-0.2, -0.15) is 4.31 Å². The summed E-state index contributed by atoms with van der Waals surface area (Å²) < 4.78 is 34.1. The van der Waals surface area contributed by atoms with Crippen molar-refractivity contribution >= 4 is 38.8 Å². The van der Waals surface area contributed by atoms with Crippen molar-refractivity contribution in [1.29, 1.82) is 0 Å². The van der Waals surface area contributed by atoms with Crippen LogP contribution in [-0.2, 0) is 10.0 Å². The van der Waals surface area contributed by atoms with Gasteiger partial charge in [-0.1, -0.05) is 42.1 Å². The number of para-hydroxylation sites is 3. The van der Waals surface area contributed by atoms with Gasteiger partial charge < -0.3 is 15.0 Å². The van der Waals surface area contributed by atoms with E-state index in [1.165, 1.54) is 4.90 Å². The number of nitrogens with one attached hydrogen (secondary N) is 1. The lowest BCUT2D eigenvalue weighted by atomic mass is 10.1. The third kappa shape index (κ3) is 4.18. The van der Waals surface area contributed by atoms with E-state index in [1.54, 1.807) is 30.1 Å². The van der Waals surface area contributed by atoms with Gasteiger partial charge in [0.2, 0.25) is 10.0 Å². The molecule has 1 unspecified atom stereocenters. The van der Waals surface area contributed by atoms with E-state index in [4.69, 9.17) is 4.74 Å². The number of ether oxygens (including phenoxy) is 1. The Morgan fingerprint density at radius 1 is 0.909 bits per heavy atom. The first-order valence-electron chi connectivity index (χ1n) is 11.0. The molecule has 0 spiro atoms. The summed E-state index contributed by atoms with van der Waals surface area (Å²) in [7, 11) is -1.82. The second-order valence-corrected chi connectivity index (χ2v) is 11.6. The van der Waals surface area contributed by atoms with Crippen LogP contribution < -0.4 is 15.0 Å². The molecule has 0 aromatic heterocycles. The maximum absolute atomic E-state index is 13.5. The molecule has 0 radical (unpaired) electrons. The van der Waals surface area contributed by atoms with Gasteiger partial charge in [-0.05, 0) is 48.9 Å². The van der Waals surface area contributed by atoms with Crippen molar-refractivity contribution in [2.45, 2.75) is 22.0 Å². The lowest BCUT2D eigenvalue weighted by Gasteiger charge is -2.37. The molecule has 2 heterocycles. The summed E-state index contributed by atoms with van der Waals surface area (Å²) in [6, 6.07) is 21.9. The average molecular weight is 482 g/mol. The Bertz CT molecular complexity index is 1270. The molecule has 8 heteroatoms. The minimum absolute atomic E-state index is 0.455. The summed E-state index contributed by atoms with van der Waals surface area (Å²) >= 11 is 1.70. The number of hydrogen-bond donors (Lipinski definition) is 1. The van der Waals surface area contributed by atoms with E-state index in [9.17, 15) is 8.42 Å². The predicted molar refractivity (Wildman–Crippen MR) is 134 cm³/mol. The molecule has 2 aliphatic rings. The molecule has 2 aliphatic heterocycles. The summed E-state index contributed by atoms with van der Waals surface area (Å²) in [6.07, 6.45) is 0. The quantitative estimate of drug-likeness (QED) is 0.427. The van der Waals surface area contributed by atoms with Crippen LogP contribution in [0.15, 0.2) is 76.5 Å². The topological polar surface area (TPSA) is 61.9 Å². The Balaban J connectivity index is 1.31. The Labute approximate surface area is 199 Å². The maximum atomic E-state index is 13.5. The number of methoxy groups -OCH3 is 1. The first-order chi connectivity index (χ1) is 16.0. The van der Waals surface area contributed by atoms with Gasteiger partial charge in [-0.25, -0.2) is 8.42 Å². The van der Waals surface area contributed by atoms with Crippen LogP contribution in [0.2, 0.25) is 0 Å². The first kappa shape index (κ1) is 22.1. The van der Waals surface area contributed by atoms with Crippen LogP contribution in [0.1, 0.15) is 17.7 Å². The van der Waals surface area contributed by atoms with E-state index < -0.39 is 15.3 Å². The van der Waals surface area contributed by atoms with E-state index >= 15 is 0 Å². The number of sulfonamides is 1. The maximum Gasteiger partial charge on any atom is 0.221 e. The van der Waals surface area contributed by atoms with Gasteiger partial charge in [0.1, 0.15) is 5.75 Å². The molecule has 1 N–H and O–H groups in total. The lowest BCUT2D eigenvalue weighted by Crippen LogP contribution is -2.49. The van der Waals surface area contributed by atoms with Crippen LogP contribution in [0.25, 0.3) is 0 Å². The lowest BCUT2D eigenvalue weighted by molar-refractivity contribution is 0.374. The molecule has 6 nitrogen and oxygen atoms in total. The summed E-state index contributed by atoms with van der Waals surface area (Å²) in [5.41, 5.74) is 3.81. The van der Waals surface area contributed by atoms with E-state index in [-0.39, 0.29) is 0 Å². The highest BCUT2D eigenvalue weighted by Crippen LogP contribution is 2.45. The van der Waals surface area contributed by atoms with E-state index in [2.05, 4.69) is 16.3 Å². The third-order valence-electron chi connectivity index (χ3n) is 6.32. The number of nitrogens with zero attached hydrogens (tertiary/aromatic N) is 2. The van der Waals surface area contributed by atoms with Gasteiger partial charge in [0.05, 0.1) is 29.4 Å². The monoisotopic (exact) mass is 481 g/mol. The van der Waals surface area contributed by atoms with Crippen molar-refractivity contribution in [3.63, 3.8) is 0 Å². The molecule has 0 bridgehead atoms. The number of hydrogen-bond acceptors (Lipinski definition) is 6. The molecule has 33 heavy (non-hydrogen) atoms. The van der Waals surface area contributed by atoms with Gasteiger partial charge in [-0.3, -0.25) is 0 Å². The number of piperazine rings is 1. The van der Waals surface area contributed by atoms with Crippen molar-refractivity contribution in [2.24, 2.45) is 0 Å². The SMILES string of the molecule is COc1ccccc1N1CCN(S(=O)(=O)C(C)c2ccc3c(c2)Nc2ccccc2S3)CC1. The summed E-state index contributed by atoms with van der Waals surface area (Å²) in [5, 5.41) is 2.83. The van der Waals surface area contributed by atoms with Crippen molar-refractivity contribution in [2.75, 3.05) is 43.5 Å². The van der Waals surface area contributed by atoms with Crippen LogP contribution in [-0.4, -0.2) is 46.0 Å². The van der Waals surface area contributed by atoms with Gasteiger partial charge >= 0.3 is 0 Å². The zero-order valence-corrected chi connectivity index (χ0v) is 20.3. The van der Waals surface area contributed by atoms with Gasteiger partial charge in [0, 0.05) is 36.0 Å². The number of fused-ring (bicyclic) bond motifs is 2. The number of anilines is 3. The summed E-state index contributed by atoms with van der Waals surface area (Å²) in [6.45, 7) is 3.96. The molecule has 1 saturated heterocycles. The van der Waals surface area contributed by atoms with Gasteiger partial charge in [0.15, 0.2) is 0 Å². The highest BCUT2D eigenvalue weighted by Gasteiger charge is 2.33. The Morgan fingerprint density at radius 2 is 1.61 bits per heavy atom. The van der Waals surface area contributed by atoms with Gasteiger partial charge in [0.25, 0.3) is 0 Å². The van der Waals surface area contributed by atoms with Crippen LogP contribution in [0.5, 0.6) is 5.75 Å². The molecule has 3 aromatic carbocycles. The van der Waals surface area contributed by atoms with Crippen molar-refractivity contribution in [3.05, 3.63) is 72.3 Å². The molecule has 172 valence electrons. The highest BCUT2D eigenvalue weighted by atomic mass is 32.2. The molecule has 1 fully saturated rings. The average Bonchev–Trinajstić information content (AvgIpc) is 2.86. The highest BCUT2D eigenvalue weighted by molar-refractivity contribution is 7.99. The second kappa shape index (κ2) is 8.93. The van der Waals surface area contributed by atoms with Crippen molar-refractivity contribution in [3.8, 4) is 5.75 Å². The fourth-order valence-electron chi connectivity index (χ4n) is 4.38. The Morgan fingerprint density at radius 3 is 2.39 bits per heavy atom. The molecule has 5 rings (SSSR count). The zero-order valence-electron chi connectivity index (χ0n) is 18.7. The van der Waals surface area contributed by atoms with Crippen molar-refractivity contribution < 1.29 is 13.2 Å². The fourth-order valence-corrected chi connectivity index (χ4v) is 6.96.